The van der Waals surface area contributed by atoms with Gasteiger partial charge in [-0.2, -0.15) is 5.10 Å². The summed E-state index contributed by atoms with van der Waals surface area (Å²) in [5, 5.41) is 10.8. The lowest BCUT2D eigenvalue weighted by Gasteiger charge is -2.17. The Kier molecular flexibility index (Phi) is 4.43. The van der Waals surface area contributed by atoms with Crippen molar-refractivity contribution in [2.24, 2.45) is 7.05 Å². The third-order valence-electron chi connectivity index (χ3n) is 2.87. The van der Waals surface area contributed by atoms with Crippen LogP contribution in [0, 0.1) is 6.92 Å². The summed E-state index contributed by atoms with van der Waals surface area (Å²) in [5.74, 6) is 0. The molecule has 1 unspecified atom stereocenters. The molecule has 0 fully saturated rings. The second-order valence-corrected chi connectivity index (χ2v) is 5.72. The van der Waals surface area contributed by atoms with Gasteiger partial charge in [0, 0.05) is 23.7 Å². The summed E-state index contributed by atoms with van der Waals surface area (Å²) < 4.78 is 1.85. The van der Waals surface area contributed by atoms with Crippen LogP contribution in [0.25, 0.3) is 0 Å². The van der Waals surface area contributed by atoms with Gasteiger partial charge in [-0.1, -0.05) is 18.5 Å². The van der Waals surface area contributed by atoms with Gasteiger partial charge in [0.05, 0.1) is 16.8 Å². The van der Waals surface area contributed by atoms with Gasteiger partial charge in [-0.15, -0.1) is 11.3 Å². The zero-order valence-electron chi connectivity index (χ0n) is 10.9. The van der Waals surface area contributed by atoms with Gasteiger partial charge in [0.25, 0.3) is 0 Å². The minimum absolute atomic E-state index is 0.145. The Morgan fingerprint density at radius 2 is 2.33 bits per heavy atom. The normalized spacial score (nSPS) is 12.9. The van der Waals surface area contributed by atoms with Crippen LogP contribution in [0.5, 0.6) is 0 Å². The first-order chi connectivity index (χ1) is 8.63. The van der Waals surface area contributed by atoms with Crippen LogP contribution in [0.2, 0.25) is 5.02 Å². The van der Waals surface area contributed by atoms with Gasteiger partial charge < -0.3 is 5.32 Å². The zero-order valence-corrected chi connectivity index (χ0v) is 12.5. The van der Waals surface area contributed by atoms with E-state index < -0.39 is 0 Å². The molecule has 0 aliphatic carbocycles. The van der Waals surface area contributed by atoms with Crippen molar-refractivity contribution in [3.05, 3.63) is 38.8 Å². The largest absolute Gasteiger partial charge is 0.305 e. The van der Waals surface area contributed by atoms with Crippen molar-refractivity contribution in [2.75, 3.05) is 6.54 Å². The van der Waals surface area contributed by atoms with E-state index in [0.717, 1.165) is 23.7 Å². The summed E-state index contributed by atoms with van der Waals surface area (Å²) in [6.07, 6.45) is 3.16. The quantitative estimate of drug-likeness (QED) is 0.910. The van der Waals surface area contributed by atoms with E-state index in [2.05, 4.69) is 23.5 Å². The highest BCUT2D eigenvalue weighted by atomic mass is 35.5. The topological polar surface area (TPSA) is 29.9 Å². The highest BCUT2D eigenvalue weighted by molar-refractivity contribution is 7.10. The van der Waals surface area contributed by atoms with Crippen LogP contribution < -0.4 is 5.32 Å². The lowest BCUT2D eigenvalue weighted by Crippen LogP contribution is -2.23. The van der Waals surface area contributed by atoms with Crippen molar-refractivity contribution in [1.82, 2.24) is 15.1 Å². The molecule has 0 radical (unpaired) electrons. The molecule has 5 heteroatoms. The average molecular weight is 284 g/mol. The SMILES string of the molecule is CCCNC(c1cn(C)nc1C)c1sccc1Cl. The van der Waals surface area contributed by atoms with Crippen molar-refractivity contribution in [1.29, 1.82) is 0 Å². The molecule has 0 aliphatic rings. The number of nitrogens with zero attached hydrogens (tertiary/aromatic N) is 2. The summed E-state index contributed by atoms with van der Waals surface area (Å²) in [6.45, 7) is 5.17. The van der Waals surface area contributed by atoms with Crippen LogP contribution in [-0.2, 0) is 7.05 Å². The molecule has 3 nitrogen and oxygen atoms in total. The number of halogens is 1. The molecule has 0 aromatic carbocycles. The zero-order chi connectivity index (χ0) is 13.1. The van der Waals surface area contributed by atoms with Gasteiger partial charge in [0.15, 0.2) is 0 Å². The molecule has 1 N–H and O–H groups in total. The Hall–Kier alpha value is -0.840. The van der Waals surface area contributed by atoms with E-state index in [4.69, 9.17) is 11.6 Å². The van der Waals surface area contributed by atoms with Crippen LogP contribution in [0.1, 0.15) is 35.5 Å². The molecule has 0 saturated heterocycles. The number of aryl methyl sites for hydroxylation is 2. The van der Waals surface area contributed by atoms with E-state index in [1.54, 1.807) is 11.3 Å². The fourth-order valence-electron chi connectivity index (χ4n) is 2.05. The minimum Gasteiger partial charge on any atom is -0.305 e. The van der Waals surface area contributed by atoms with Crippen molar-refractivity contribution in [3.8, 4) is 0 Å². The van der Waals surface area contributed by atoms with E-state index in [1.165, 1.54) is 10.4 Å². The predicted octanol–water partition coefficient (Wildman–Crippen LogP) is 3.53. The second kappa shape index (κ2) is 5.87. The standard InChI is InChI=1S/C13H18ClN3S/c1-4-6-15-12(13-11(14)5-7-18-13)10-8-17(3)16-9(10)2/h5,7-8,12,15H,4,6H2,1-3H3. The summed E-state index contributed by atoms with van der Waals surface area (Å²) in [7, 11) is 1.95. The van der Waals surface area contributed by atoms with E-state index >= 15 is 0 Å². The first-order valence-electron chi connectivity index (χ1n) is 6.10. The van der Waals surface area contributed by atoms with Crippen molar-refractivity contribution in [2.45, 2.75) is 26.3 Å². The molecule has 0 saturated carbocycles. The Morgan fingerprint density at radius 3 is 2.83 bits per heavy atom. The number of rotatable bonds is 5. The third kappa shape index (κ3) is 2.76. The smallest absolute Gasteiger partial charge is 0.0719 e. The van der Waals surface area contributed by atoms with Gasteiger partial charge in [0.2, 0.25) is 0 Å². The Labute approximate surface area is 117 Å². The Morgan fingerprint density at radius 1 is 1.56 bits per heavy atom. The van der Waals surface area contributed by atoms with Gasteiger partial charge in [-0.05, 0) is 31.3 Å². The molecule has 1 atom stereocenters. The fraction of sp³-hybridized carbons (Fsp3) is 0.462. The van der Waals surface area contributed by atoms with Crippen LogP contribution in [-0.4, -0.2) is 16.3 Å². The number of thiophene rings is 1. The highest BCUT2D eigenvalue weighted by Gasteiger charge is 2.21. The van der Waals surface area contributed by atoms with Gasteiger partial charge in [0.1, 0.15) is 0 Å². The molecule has 0 amide bonds. The summed E-state index contributed by atoms with van der Waals surface area (Å²) >= 11 is 7.96. The van der Waals surface area contributed by atoms with Crippen molar-refractivity contribution >= 4 is 22.9 Å². The van der Waals surface area contributed by atoms with Gasteiger partial charge in [-0.3, -0.25) is 4.68 Å². The maximum atomic E-state index is 6.27. The Balaban J connectivity index is 2.37. The molecule has 2 heterocycles. The summed E-state index contributed by atoms with van der Waals surface area (Å²) in [5.41, 5.74) is 2.26. The number of nitrogens with one attached hydrogen (secondary N) is 1. The molecule has 0 bridgehead atoms. The first-order valence-corrected chi connectivity index (χ1v) is 7.35. The molecule has 2 rings (SSSR count). The van der Waals surface area contributed by atoms with E-state index in [0.29, 0.717) is 0 Å². The number of hydrogen-bond acceptors (Lipinski definition) is 3. The molecular weight excluding hydrogens is 266 g/mol. The lowest BCUT2D eigenvalue weighted by molar-refractivity contribution is 0.603. The molecule has 18 heavy (non-hydrogen) atoms. The molecule has 0 aliphatic heterocycles. The minimum atomic E-state index is 0.145. The van der Waals surface area contributed by atoms with Gasteiger partial charge >= 0.3 is 0 Å². The van der Waals surface area contributed by atoms with Crippen LogP contribution >= 0.6 is 22.9 Å². The van der Waals surface area contributed by atoms with Crippen LogP contribution in [0.15, 0.2) is 17.6 Å². The second-order valence-electron chi connectivity index (χ2n) is 4.36. The number of aromatic nitrogens is 2. The van der Waals surface area contributed by atoms with E-state index in [9.17, 15) is 0 Å². The van der Waals surface area contributed by atoms with E-state index in [1.807, 2.05) is 30.1 Å². The van der Waals surface area contributed by atoms with Gasteiger partial charge in [-0.25, -0.2) is 0 Å². The van der Waals surface area contributed by atoms with E-state index in [-0.39, 0.29) is 6.04 Å². The lowest BCUT2D eigenvalue weighted by atomic mass is 10.1. The molecular formula is C13H18ClN3S. The number of hydrogen-bond donors (Lipinski definition) is 1. The maximum absolute atomic E-state index is 6.27. The summed E-state index contributed by atoms with van der Waals surface area (Å²) in [6, 6.07) is 2.10. The highest BCUT2D eigenvalue weighted by Crippen LogP contribution is 2.33. The Bertz CT molecular complexity index is 518. The fourth-order valence-corrected chi connectivity index (χ4v) is 3.30. The van der Waals surface area contributed by atoms with Crippen molar-refractivity contribution in [3.63, 3.8) is 0 Å². The van der Waals surface area contributed by atoms with Crippen LogP contribution in [0.3, 0.4) is 0 Å². The average Bonchev–Trinajstić information content (AvgIpc) is 2.87. The molecule has 2 aromatic heterocycles. The van der Waals surface area contributed by atoms with Crippen molar-refractivity contribution < 1.29 is 0 Å². The maximum Gasteiger partial charge on any atom is 0.0719 e. The molecule has 98 valence electrons. The monoisotopic (exact) mass is 283 g/mol. The molecule has 2 aromatic rings. The van der Waals surface area contributed by atoms with Crippen LogP contribution in [0.4, 0.5) is 0 Å². The first kappa shape index (κ1) is 13.6. The summed E-state index contributed by atoms with van der Waals surface area (Å²) in [4.78, 5) is 1.17. The predicted molar refractivity (Wildman–Crippen MR) is 77.4 cm³/mol. The third-order valence-corrected chi connectivity index (χ3v) is 4.29. The molecule has 0 spiro atoms.